The van der Waals surface area contributed by atoms with Crippen LogP contribution in [0.25, 0.3) is 17.4 Å². The van der Waals surface area contributed by atoms with Gasteiger partial charge < -0.3 is 15.5 Å². The number of nitrogens with zero attached hydrogens (tertiary/aromatic N) is 6. The molecule has 3 aromatic rings. The first-order valence-corrected chi connectivity index (χ1v) is 10.0. The number of nitrogens with one attached hydrogen (secondary N) is 2. The number of fused-ring (bicyclic) bond motifs is 2. The molecule has 0 saturated carbocycles. The van der Waals surface area contributed by atoms with Gasteiger partial charge in [0, 0.05) is 38.0 Å². The van der Waals surface area contributed by atoms with Crippen molar-refractivity contribution in [3.63, 3.8) is 0 Å². The van der Waals surface area contributed by atoms with Gasteiger partial charge >= 0.3 is 0 Å². The van der Waals surface area contributed by atoms with Gasteiger partial charge in [-0.3, -0.25) is 9.20 Å². The van der Waals surface area contributed by atoms with Crippen LogP contribution in [0.4, 0.5) is 24.9 Å². The van der Waals surface area contributed by atoms with Gasteiger partial charge in [-0.1, -0.05) is 0 Å². The van der Waals surface area contributed by atoms with E-state index in [1.807, 2.05) is 0 Å². The van der Waals surface area contributed by atoms with Gasteiger partial charge in [-0.05, 0) is 23.2 Å². The number of aromatic nitrogens is 5. The van der Waals surface area contributed by atoms with E-state index in [-0.39, 0.29) is 30.3 Å². The molecule has 1 fully saturated rings. The molecule has 5 rings (SSSR count). The Morgan fingerprint density at radius 3 is 2.88 bits per heavy atom. The highest BCUT2D eigenvalue weighted by atomic mass is 19.3. The Kier molecular flexibility index (Phi) is 4.53. The van der Waals surface area contributed by atoms with Gasteiger partial charge in [0.15, 0.2) is 0 Å². The third kappa shape index (κ3) is 3.13. The number of carbonyl (C=O) groups excluding carboxylic acids is 1. The minimum absolute atomic E-state index is 0.0281. The summed E-state index contributed by atoms with van der Waals surface area (Å²) < 4.78 is 47.3. The van der Waals surface area contributed by atoms with Gasteiger partial charge in [-0.2, -0.15) is 9.37 Å². The molecule has 0 bridgehead atoms. The number of hydrogen-bond acceptors (Lipinski definition) is 6. The molecule has 1 amide bonds. The molecule has 1 atom stereocenters. The van der Waals surface area contributed by atoms with E-state index in [2.05, 4.69) is 25.7 Å². The quantitative estimate of drug-likeness (QED) is 0.581. The molecular formula is C20H20F3N8O+. The summed E-state index contributed by atoms with van der Waals surface area (Å²) in [5.74, 6) is -3.89. The van der Waals surface area contributed by atoms with Crippen molar-refractivity contribution in [1.29, 1.82) is 0 Å². The van der Waals surface area contributed by atoms with E-state index in [0.29, 0.717) is 16.7 Å². The summed E-state index contributed by atoms with van der Waals surface area (Å²) in [6, 6.07) is 2.25. The van der Waals surface area contributed by atoms with E-state index >= 15 is 4.39 Å². The Morgan fingerprint density at radius 2 is 2.16 bits per heavy atom. The summed E-state index contributed by atoms with van der Waals surface area (Å²) in [6.07, 6.45) is 4.55. The largest absolute Gasteiger partial charge is 0.367 e. The SMILES string of the molecule is CNc1nc(N[C@@H]2CCN(C(C)=O)CC2(F)F)n[n+]2c1/C(=c1/ccc3nccn13)C(F)=C2. The molecule has 0 unspecified atom stereocenters. The van der Waals surface area contributed by atoms with Crippen LogP contribution in [0.15, 0.2) is 30.4 Å². The number of hydrogen-bond donors (Lipinski definition) is 2. The first-order chi connectivity index (χ1) is 15.3. The third-order valence-corrected chi connectivity index (χ3v) is 5.74. The molecule has 32 heavy (non-hydrogen) atoms. The average Bonchev–Trinajstić information content (AvgIpc) is 3.42. The second-order valence-corrected chi connectivity index (χ2v) is 7.74. The van der Waals surface area contributed by atoms with E-state index in [1.165, 1.54) is 17.8 Å². The summed E-state index contributed by atoms with van der Waals surface area (Å²) in [5, 5.41) is 10.4. The molecule has 2 aliphatic rings. The Bertz CT molecular complexity index is 1320. The summed E-state index contributed by atoms with van der Waals surface area (Å²) in [7, 11) is 1.61. The summed E-state index contributed by atoms with van der Waals surface area (Å²) in [5.41, 5.74) is 1.31. The second kappa shape index (κ2) is 7.18. The predicted molar refractivity (Wildman–Crippen MR) is 109 cm³/mol. The van der Waals surface area contributed by atoms with Crippen molar-refractivity contribution in [3.8, 4) is 0 Å². The molecule has 1 saturated heterocycles. The van der Waals surface area contributed by atoms with Gasteiger partial charge in [-0.15, -0.1) is 0 Å². The lowest BCUT2D eigenvalue weighted by Gasteiger charge is -2.37. The summed E-state index contributed by atoms with van der Waals surface area (Å²) >= 11 is 0. The minimum Gasteiger partial charge on any atom is -0.367 e. The van der Waals surface area contributed by atoms with Crippen molar-refractivity contribution in [1.82, 2.24) is 24.4 Å². The van der Waals surface area contributed by atoms with Crippen molar-refractivity contribution in [2.24, 2.45) is 0 Å². The van der Waals surface area contributed by atoms with E-state index in [1.54, 1.807) is 36.0 Å². The van der Waals surface area contributed by atoms with Gasteiger partial charge in [0.1, 0.15) is 11.2 Å². The molecule has 0 aromatic carbocycles. The highest BCUT2D eigenvalue weighted by molar-refractivity contribution is 5.83. The molecule has 0 spiro atoms. The van der Waals surface area contributed by atoms with Crippen LogP contribution in [0.3, 0.4) is 0 Å². The highest BCUT2D eigenvalue weighted by Crippen LogP contribution is 2.32. The molecule has 2 aliphatic heterocycles. The fourth-order valence-electron chi connectivity index (χ4n) is 4.15. The Labute approximate surface area is 180 Å². The first kappa shape index (κ1) is 20.2. The molecule has 3 aromatic heterocycles. The van der Waals surface area contributed by atoms with Crippen LogP contribution in [-0.2, 0) is 4.79 Å². The van der Waals surface area contributed by atoms with Gasteiger partial charge in [0.2, 0.25) is 23.8 Å². The molecule has 2 N–H and O–H groups in total. The molecule has 166 valence electrons. The lowest BCUT2D eigenvalue weighted by atomic mass is 10.0. The number of imidazole rings is 1. The molecule has 0 radical (unpaired) electrons. The fourth-order valence-corrected chi connectivity index (χ4v) is 4.15. The Morgan fingerprint density at radius 1 is 1.34 bits per heavy atom. The third-order valence-electron chi connectivity index (χ3n) is 5.74. The predicted octanol–water partition coefficient (Wildman–Crippen LogP) is 0.821. The Hall–Kier alpha value is -3.70. The molecule has 5 heterocycles. The topological polar surface area (TPSA) is 91.3 Å². The molecular weight excluding hydrogens is 425 g/mol. The number of allylic oxidation sites excluding steroid dienone is 1. The maximum absolute atomic E-state index is 15.0. The summed E-state index contributed by atoms with van der Waals surface area (Å²) in [6.45, 7) is 0.785. The first-order valence-electron chi connectivity index (χ1n) is 10.0. The number of rotatable bonds is 3. The van der Waals surface area contributed by atoms with E-state index in [0.717, 1.165) is 4.90 Å². The van der Waals surface area contributed by atoms with Crippen molar-refractivity contribution in [2.75, 3.05) is 30.8 Å². The van der Waals surface area contributed by atoms with Crippen LogP contribution in [-0.4, -0.2) is 62.4 Å². The van der Waals surface area contributed by atoms with Crippen LogP contribution < -0.4 is 20.7 Å². The normalized spacial score (nSPS) is 21.5. The standard InChI is InChI=1S/C20H20F3N8O/c1-11(32)29-7-5-14(20(22,23)10-29)26-19-27-18(24-2)17-16(12(21)9-31(17)28-19)13-3-4-15-25-6-8-30(13)15/h3-4,6,8-9,14H,5,7,10H2,1-2H3,(H2,24,26,27,28)/q+1/t14-/m1/s1. The van der Waals surface area contributed by atoms with Crippen LogP contribution in [0.2, 0.25) is 0 Å². The number of likely N-dealkylation sites (tertiary alicyclic amines) is 1. The van der Waals surface area contributed by atoms with Crippen LogP contribution >= 0.6 is 0 Å². The van der Waals surface area contributed by atoms with Gasteiger partial charge in [0.05, 0.1) is 17.9 Å². The van der Waals surface area contributed by atoms with Crippen LogP contribution in [0, 0.1) is 0 Å². The van der Waals surface area contributed by atoms with Crippen LogP contribution in [0.1, 0.15) is 19.0 Å². The number of halogens is 3. The zero-order valence-corrected chi connectivity index (χ0v) is 17.3. The summed E-state index contributed by atoms with van der Waals surface area (Å²) in [4.78, 5) is 21.1. The fraction of sp³-hybridized carbons (Fsp3) is 0.350. The molecule has 9 nitrogen and oxygen atoms in total. The van der Waals surface area contributed by atoms with Crippen molar-refractivity contribution < 1.29 is 22.6 Å². The number of anilines is 2. The number of amides is 1. The lowest BCUT2D eigenvalue weighted by Crippen LogP contribution is -2.56. The van der Waals surface area contributed by atoms with Gasteiger partial charge in [0.25, 0.3) is 17.6 Å². The maximum atomic E-state index is 15.0. The Balaban J connectivity index is 1.54. The minimum atomic E-state index is -3.17. The molecule has 12 heteroatoms. The zero-order valence-electron chi connectivity index (χ0n) is 17.3. The number of carbonyl (C=O) groups is 1. The smallest absolute Gasteiger partial charge is 0.292 e. The maximum Gasteiger partial charge on any atom is 0.292 e. The van der Waals surface area contributed by atoms with Gasteiger partial charge in [-0.25, -0.2) is 13.8 Å². The zero-order chi connectivity index (χ0) is 22.6. The van der Waals surface area contributed by atoms with E-state index in [4.69, 9.17) is 0 Å². The number of alkyl halides is 2. The average molecular weight is 445 g/mol. The van der Waals surface area contributed by atoms with Crippen molar-refractivity contribution in [3.05, 3.63) is 41.4 Å². The highest BCUT2D eigenvalue weighted by Gasteiger charge is 2.46. The van der Waals surface area contributed by atoms with E-state index in [9.17, 15) is 13.6 Å². The van der Waals surface area contributed by atoms with E-state index < -0.39 is 30.2 Å². The lowest BCUT2D eigenvalue weighted by molar-refractivity contribution is -0.632. The number of piperidine rings is 1. The van der Waals surface area contributed by atoms with Crippen molar-refractivity contribution >= 4 is 35.1 Å². The van der Waals surface area contributed by atoms with Crippen LogP contribution in [0.5, 0.6) is 0 Å². The molecule has 0 aliphatic carbocycles. The monoisotopic (exact) mass is 445 g/mol. The van der Waals surface area contributed by atoms with Crippen molar-refractivity contribution in [2.45, 2.75) is 25.3 Å². The second-order valence-electron chi connectivity index (χ2n) is 7.74.